The summed E-state index contributed by atoms with van der Waals surface area (Å²) in [6.45, 7) is 8.58. The topological polar surface area (TPSA) is 36.4 Å². The Bertz CT molecular complexity index is 335. The van der Waals surface area contributed by atoms with Gasteiger partial charge in [-0.25, -0.2) is 0 Å². The van der Waals surface area contributed by atoms with E-state index in [9.17, 15) is 5.11 Å². The molecule has 1 aromatic rings. The molecule has 0 aliphatic rings. The predicted octanol–water partition coefficient (Wildman–Crippen LogP) is 3.01. The number of aliphatic hydroxyl groups is 1. The van der Waals surface area contributed by atoms with Crippen LogP contribution < -0.4 is 4.90 Å². The fourth-order valence-corrected chi connectivity index (χ4v) is 1.69. The third-order valence-corrected chi connectivity index (χ3v) is 3.48. The highest BCUT2D eigenvalue weighted by Crippen LogP contribution is 2.20. The smallest absolute Gasteiger partial charge is 0.0957 e. The number of nitrogens with zero attached hydrogens (tertiary/aromatic N) is 2. The van der Waals surface area contributed by atoms with Crippen molar-refractivity contribution in [2.75, 3.05) is 11.9 Å². The van der Waals surface area contributed by atoms with Crippen LogP contribution >= 0.6 is 0 Å². The first-order chi connectivity index (χ1) is 7.97. The van der Waals surface area contributed by atoms with Gasteiger partial charge in [0, 0.05) is 13.1 Å². The molecule has 0 radical (unpaired) electrons. The molecule has 1 heterocycles. The third-order valence-electron chi connectivity index (χ3n) is 3.48. The van der Waals surface area contributed by atoms with Crippen molar-refractivity contribution in [1.82, 2.24) is 4.98 Å². The van der Waals surface area contributed by atoms with E-state index < -0.39 is 6.10 Å². The Kier molecular flexibility index (Phi) is 4.94. The summed E-state index contributed by atoms with van der Waals surface area (Å²) in [6.07, 6.45) is 2.09. The Morgan fingerprint density at radius 1 is 1.29 bits per heavy atom. The average Bonchev–Trinajstić information content (AvgIpc) is 2.36. The molecule has 0 bridgehead atoms. The molecule has 1 aromatic heterocycles. The molecule has 0 fully saturated rings. The fraction of sp³-hybridized carbons (Fsp3) is 0.643. The summed E-state index contributed by atoms with van der Waals surface area (Å²) in [4.78, 5) is 6.54. The Balaban J connectivity index is 2.80. The third kappa shape index (κ3) is 3.43. The van der Waals surface area contributed by atoms with Crippen LogP contribution in [0.2, 0.25) is 0 Å². The van der Waals surface area contributed by atoms with Crippen LogP contribution in [0.1, 0.15) is 45.9 Å². The average molecular weight is 236 g/mol. The second-order valence-corrected chi connectivity index (χ2v) is 4.96. The largest absolute Gasteiger partial charge is 0.387 e. The van der Waals surface area contributed by atoms with E-state index in [2.05, 4.69) is 37.7 Å². The molecule has 0 aliphatic heterocycles. The maximum absolute atomic E-state index is 9.68. The zero-order valence-corrected chi connectivity index (χ0v) is 11.5. The van der Waals surface area contributed by atoms with Crippen LogP contribution in [0.3, 0.4) is 0 Å². The molecular formula is C14H24N2O. The second kappa shape index (κ2) is 6.01. The molecule has 0 aromatic carbocycles. The number of rotatable bonds is 5. The van der Waals surface area contributed by atoms with Crippen molar-refractivity contribution in [3.63, 3.8) is 0 Å². The lowest BCUT2D eigenvalue weighted by atomic mass is 10.0. The van der Waals surface area contributed by atoms with E-state index in [1.54, 1.807) is 0 Å². The molecule has 17 heavy (non-hydrogen) atoms. The summed E-state index contributed by atoms with van der Waals surface area (Å²) in [5, 5.41) is 9.68. The lowest BCUT2D eigenvalue weighted by Gasteiger charge is -2.29. The minimum Gasteiger partial charge on any atom is -0.387 e. The number of aliphatic hydroxyl groups excluding tert-OH is 1. The van der Waals surface area contributed by atoms with Crippen LogP contribution in [-0.4, -0.2) is 23.2 Å². The van der Waals surface area contributed by atoms with Crippen molar-refractivity contribution in [1.29, 1.82) is 0 Å². The molecule has 96 valence electrons. The van der Waals surface area contributed by atoms with E-state index in [4.69, 9.17) is 0 Å². The van der Waals surface area contributed by atoms with Crippen LogP contribution in [0.4, 0.5) is 5.69 Å². The minimum atomic E-state index is -0.447. The highest BCUT2D eigenvalue weighted by Gasteiger charge is 2.14. The molecule has 0 saturated heterocycles. The lowest BCUT2D eigenvalue weighted by Crippen LogP contribution is -2.33. The van der Waals surface area contributed by atoms with E-state index in [1.165, 1.54) is 0 Å². The van der Waals surface area contributed by atoms with Crippen LogP contribution in [0.15, 0.2) is 18.3 Å². The van der Waals surface area contributed by atoms with Crippen molar-refractivity contribution in [3.05, 3.63) is 24.0 Å². The van der Waals surface area contributed by atoms with Crippen molar-refractivity contribution < 1.29 is 5.11 Å². The summed E-state index contributed by atoms with van der Waals surface area (Å²) >= 11 is 0. The first kappa shape index (κ1) is 14.0. The summed E-state index contributed by atoms with van der Waals surface area (Å²) < 4.78 is 0. The highest BCUT2D eigenvalue weighted by atomic mass is 16.3. The van der Waals surface area contributed by atoms with Gasteiger partial charge in [0.15, 0.2) is 0 Å². The fourth-order valence-electron chi connectivity index (χ4n) is 1.69. The number of aromatic nitrogens is 1. The Morgan fingerprint density at radius 2 is 1.94 bits per heavy atom. The molecule has 0 aliphatic carbocycles. The van der Waals surface area contributed by atoms with Gasteiger partial charge in [0.05, 0.1) is 23.7 Å². The quantitative estimate of drug-likeness (QED) is 0.853. The van der Waals surface area contributed by atoms with E-state index in [0.29, 0.717) is 18.4 Å². The van der Waals surface area contributed by atoms with E-state index in [1.807, 2.05) is 25.3 Å². The van der Waals surface area contributed by atoms with Crippen LogP contribution in [-0.2, 0) is 0 Å². The van der Waals surface area contributed by atoms with Crippen LogP contribution in [0.5, 0.6) is 0 Å². The SMILES string of the molecule is CCC(O)c1ccc(N(C)C(C)C(C)C)cn1. The minimum absolute atomic E-state index is 0.447. The predicted molar refractivity (Wildman–Crippen MR) is 72.2 cm³/mol. The summed E-state index contributed by atoms with van der Waals surface area (Å²) in [5.74, 6) is 0.598. The van der Waals surface area contributed by atoms with Gasteiger partial charge in [-0.05, 0) is 31.4 Å². The molecule has 3 heteroatoms. The zero-order chi connectivity index (χ0) is 13.0. The number of hydrogen-bond donors (Lipinski definition) is 1. The molecule has 1 N–H and O–H groups in total. The maximum atomic E-state index is 9.68. The first-order valence-corrected chi connectivity index (χ1v) is 6.34. The Hall–Kier alpha value is -1.09. The Morgan fingerprint density at radius 3 is 2.35 bits per heavy atom. The zero-order valence-electron chi connectivity index (χ0n) is 11.5. The van der Waals surface area contributed by atoms with Gasteiger partial charge < -0.3 is 10.0 Å². The second-order valence-electron chi connectivity index (χ2n) is 4.96. The van der Waals surface area contributed by atoms with Crippen molar-refractivity contribution in [2.45, 2.75) is 46.3 Å². The standard InChI is InChI=1S/C14H24N2O/c1-6-14(17)13-8-7-12(9-15-13)16(5)11(4)10(2)3/h7-11,14,17H,6H2,1-5H3. The first-order valence-electron chi connectivity index (χ1n) is 6.34. The van der Waals surface area contributed by atoms with Gasteiger partial charge in [0.1, 0.15) is 0 Å². The van der Waals surface area contributed by atoms with Gasteiger partial charge in [-0.15, -0.1) is 0 Å². The molecule has 0 spiro atoms. The van der Waals surface area contributed by atoms with E-state index in [-0.39, 0.29) is 0 Å². The molecule has 1 rings (SSSR count). The maximum Gasteiger partial charge on any atom is 0.0957 e. The van der Waals surface area contributed by atoms with Crippen LogP contribution in [0, 0.1) is 5.92 Å². The van der Waals surface area contributed by atoms with E-state index >= 15 is 0 Å². The molecule has 0 saturated carbocycles. The van der Waals surface area contributed by atoms with Crippen molar-refractivity contribution in [3.8, 4) is 0 Å². The van der Waals surface area contributed by atoms with Crippen molar-refractivity contribution >= 4 is 5.69 Å². The van der Waals surface area contributed by atoms with E-state index in [0.717, 1.165) is 11.4 Å². The summed E-state index contributed by atoms with van der Waals surface area (Å²) in [5.41, 5.74) is 1.85. The molecule has 2 unspecified atom stereocenters. The summed E-state index contributed by atoms with van der Waals surface area (Å²) in [6, 6.07) is 4.41. The van der Waals surface area contributed by atoms with Gasteiger partial charge in [-0.1, -0.05) is 20.8 Å². The van der Waals surface area contributed by atoms with Crippen LogP contribution in [0.25, 0.3) is 0 Å². The molecular weight excluding hydrogens is 212 g/mol. The van der Waals surface area contributed by atoms with Gasteiger partial charge >= 0.3 is 0 Å². The monoisotopic (exact) mass is 236 g/mol. The van der Waals surface area contributed by atoms with Gasteiger partial charge in [-0.2, -0.15) is 0 Å². The molecule has 2 atom stereocenters. The number of anilines is 1. The highest BCUT2D eigenvalue weighted by molar-refractivity contribution is 5.44. The Labute approximate surface area is 104 Å². The van der Waals surface area contributed by atoms with Gasteiger partial charge in [-0.3, -0.25) is 4.98 Å². The molecule has 3 nitrogen and oxygen atoms in total. The lowest BCUT2D eigenvalue weighted by molar-refractivity contribution is 0.169. The van der Waals surface area contributed by atoms with Crippen molar-refractivity contribution in [2.24, 2.45) is 5.92 Å². The number of hydrogen-bond acceptors (Lipinski definition) is 3. The summed E-state index contributed by atoms with van der Waals surface area (Å²) in [7, 11) is 2.08. The normalized spacial score (nSPS) is 14.8. The number of pyridine rings is 1. The van der Waals surface area contributed by atoms with Gasteiger partial charge in [0.25, 0.3) is 0 Å². The van der Waals surface area contributed by atoms with Gasteiger partial charge in [0.2, 0.25) is 0 Å². The molecule has 0 amide bonds.